The molecule has 29 heavy (non-hydrogen) atoms. The first kappa shape index (κ1) is 19.2. The lowest BCUT2D eigenvalue weighted by Crippen LogP contribution is -2.36. The third-order valence-electron chi connectivity index (χ3n) is 5.00. The highest BCUT2D eigenvalue weighted by Gasteiger charge is 2.15. The minimum Gasteiger partial charge on any atom is -0.378 e. The molecule has 1 aromatic heterocycles. The Labute approximate surface area is 172 Å². The van der Waals surface area contributed by atoms with Crippen molar-refractivity contribution in [3.63, 3.8) is 0 Å². The number of ether oxygens (including phenoxy) is 1. The molecule has 0 radical (unpaired) electrons. The summed E-state index contributed by atoms with van der Waals surface area (Å²) in [6.07, 6.45) is 0. The van der Waals surface area contributed by atoms with E-state index in [1.54, 1.807) is 0 Å². The highest BCUT2D eigenvalue weighted by Crippen LogP contribution is 2.29. The molecular weight excluding hydrogens is 362 g/mol. The van der Waals surface area contributed by atoms with Crippen LogP contribution in [0, 0.1) is 6.92 Å². The molecule has 2 aromatic carbocycles. The van der Waals surface area contributed by atoms with E-state index in [9.17, 15) is 0 Å². The smallest absolute Gasteiger partial charge is 0.136 e. The highest BCUT2D eigenvalue weighted by atomic mass is 16.5. The van der Waals surface area contributed by atoms with Gasteiger partial charge >= 0.3 is 0 Å². The zero-order chi connectivity index (χ0) is 20.1. The van der Waals surface area contributed by atoms with Crippen LogP contribution in [0.4, 0.5) is 23.0 Å². The van der Waals surface area contributed by atoms with Gasteiger partial charge in [0.15, 0.2) is 0 Å². The van der Waals surface area contributed by atoms with E-state index in [0.29, 0.717) is 0 Å². The van der Waals surface area contributed by atoms with E-state index in [-0.39, 0.29) is 0 Å². The lowest BCUT2D eigenvalue weighted by Gasteiger charge is -2.30. The largest absolute Gasteiger partial charge is 0.378 e. The second kappa shape index (κ2) is 8.92. The summed E-state index contributed by atoms with van der Waals surface area (Å²) in [5.41, 5.74) is 3.47. The third kappa shape index (κ3) is 4.84. The predicted octanol–water partition coefficient (Wildman–Crippen LogP) is 4.00. The first-order valence-corrected chi connectivity index (χ1v) is 9.98. The molecule has 6 heteroatoms. The van der Waals surface area contributed by atoms with Gasteiger partial charge in [-0.15, -0.1) is 0 Å². The fourth-order valence-electron chi connectivity index (χ4n) is 3.55. The average Bonchev–Trinajstić information content (AvgIpc) is 2.75. The summed E-state index contributed by atoms with van der Waals surface area (Å²) in [7, 11) is 2.06. The molecule has 3 aromatic rings. The Morgan fingerprint density at radius 2 is 1.72 bits per heavy atom. The molecule has 0 atom stereocenters. The SMILES string of the molecule is Cc1nc(Nc2ccccc2N2CCOCC2)cc(N(C)Cc2ccccc2)n1. The maximum Gasteiger partial charge on any atom is 0.136 e. The number of anilines is 4. The lowest BCUT2D eigenvalue weighted by molar-refractivity contribution is 0.123. The summed E-state index contributed by atoms with van der Waals surface area (Å²) in [6.45, 7) is 6.03. The summed E-state index contributed by atoms with van der Waals surface area (Å²) in [4.78, 5) is 13.7. The lowest BCUT2D eigenvalue weighted by atomic mass is 10.2. The number of aromatic nitrogens is 2. The van der Waals surface area contributed by atoms with Crippen LogP contribution in [0.2, 0.25) is 0 Å². The zero-order valence-electron chi connectivity index (χ0n) is 17.0. The summed E-state index contributed by atoms with van der Waals surface area (Å²) in [5, 5.41) is 3.51. The number of hydrogen-bond acceptors (Lipinski definition) is 6. The van der Waals surface area contributed by atoms with Crippen molar-refractivity contribution in [2.24, 2.45) is 0 Å². The molecule has 0 aliphatic carbocycles. The molecule has 1 saturated heterocycles. The Hall–Kier alpha value is -3.12. The normalized spacial score (nSPS) is 13.9. The molecular formula is C23H27N5O. The van der Waals surface area contributed by atoms with E-state index in [2.05, 4.69) is 74.6 Å². The van der Waals surface area contributed by atoms with Crippen molar-refractivity contribution in [1.82, 2.24) is 9.97 Å². The van der Waals surface area contributed by atoms with Gasteiger partial charge in [0.2, 0.25) is 0 Å². The fraction of sp³-hybridized carbons (Fsp3) is 0.304. The van der Waals surface area contributed by atoms with Gasteiger partial charge in [0, 0.05) is 32.7 Å². The maximum absolute atomic E-state index is 5.50. The second-order valence-electron chi connectivity index (χ2n) is 7.24. The van der Waals surface area contributed by atoms with E-state index in [1.165, 1.54) is 11.3 Å². The number of benzene rings is 2. The van der Waals surface area contributed by atoms with Crippen molar-refractivity contribution in [3.05, 3.63) is 72.1 Å². The number of aryl methyl sites for hydroxylation is 1. The summed E-state index contributed by atoms with van der Waals surface area (Å²) >= 11 is 0. The van der Waals surface area contributed by atoms with E-state index in [0.717, 1.165) is 56.0 Å². The van der Waals surface area contributed by atoms with E-state index >= 15 is 0 Å². The maximum atomic E-state index is 5.50. The fourth-order valence-corrected chi connectivity index (χ4v) is 3.55. The van der Waals surface area contributed by atoms with Crippen LogP contribution >= 0.6 is 0 Å². The first-order valence-electron chi connectivity index (χ1n) is 9.98. The Balaban J connectivity index is 1.55. The Bertz CT molecular complexity index is 941. The van der Waals surface area contributed by atoms with E-state index in [1.807, 2.05) is 25.1 Å². The molecule has 1 aliphatic heterocycles. The van der Waals surface area contributed by atoms with Gasteiger partial charge in [-0.1, -0.05) is 42.5 Å². The number of nitrogens with one attached hydrogen (secondary N) is 1. The van der Waals surface area contributed by atoms with Gasteiger partial charge in [0.25, 0.3) is 0 Å². The number of hydrogen-bond donors (Lipinski definition) is 1. The second-order valence-corrected chi connectivity index (χ2v) is 7.24. The van der Waals surface area contributed by atoms with Crippen LogP contribution in [0.1, 0.15) is 11.4 Å². The highest BCUT2D eigenvalue weighted by molar-refractivity contribution is 5.75. The zero-order valence-corrected chi connectivity index (χ0v) is 17.0. The molecule has 1 aliphatic rings. The molecule has 1 fully saturated rings. The van der Waals surface area contributed by atoms with Gasteiger partial charge in [-0.2, -0.15) is 0 Å². The molecule has 6 nitrogen and oxygen atoms in total. The van der Waals surface area contributed by atoms with Crippen molar-refractivity contribution in [1.29, 1.82) is 0 Å². The number of para-hydroxylation sites is 2. The molecule has 0 spiro atoms. The molecule has 1 N–H and O–H groups in total. The van der Waals surface area contributed by atoms with Gasteiger partial charge < -0.3 is 19.9 Å². The van der Waals surface area contributed by atoms with Gasteiger partial charge in [0.05, 0.1) is 24.6 Å². The van der Waals surface area contributed by atoms with Crippen molar-refractivity contribution in [3.8, 4) is 0 Å². The third-order valence-corrected chi connectivity index (χ3v) is 5.00. The molecule has 0 amide bonds. The standard InChI is InChI=1S/C23H27N5O/c1-18-24-22(16-23(25-18)27(2)17-19-8-4-3-5-9-19)26-20-10-6-7-11-21(20)28-12-14-29-15-13-28/h3-11,16H,12-15,17H2,1-2H3,(H,24,25,26). The van der Waals surface area contributed by atoms with Gasteiger partial charge in [-0.3, -0.25) is 0 Å². The van der Waals surface area contributed by atoms with Crippen LogP contribution in [0.25, 0.3) is 0 Å². The molecule has 0 unspecified atom stereocenters. The van der Waals surface area contributed by atoms with Crippen LogP contribution in [-0.4, -0.2) is 43.3 Å². The predicted molar refractivity (Wildman–Crippen MR) is 118 cm³/mol. The summed E-state index contributed by atoms with van der Waals surface area (Å²) in [6, 6.07) is 20.8. The topological polar surface area (TPSA) is 53.5 Å². The monoisotopic (exact) mass is 389 g/mol. The molecule has 4 rings (SSSR count). The van der Waals surface area contributed by atoms with Crippen LogP contribution in [-0.2, 0) is 11.3 Å². The van der Waals surface area contributed by atoms with Crippen LogP contribution in [0.15, 0.2) is 60.7 Å². The molecule has 150 valence electrons. The number of morpholine rings is 1. The van der Waals surface area contributed by atoms with E-state index in [4.69, 9.17) is 4.74 Å². The molecule has 0 saturated carbocycles. The Morgan fingerprint density at radius 3 is 2.52 bits per heavy atom. The minimum atomic E-state index is 0.744. The van der Waals surface area contributed by atoms with Crippen molar-refractivity contribution in [2.45, 2.75) is 13.5 Å². The molecule has 2 heterocycles. The van der Waals surface area contributed by atoms with Crippen molar-refractivity contribution in [2.75, 3.05) is 48.5 Å². The average molecular weight is 390 g/mol. The van der Waals surface area contributed by atoms with Crippen LogP contribution < -0.4 is 15.1 Å². The summed E-state index contributed by atoms with van der Waals surface area (Å²) < 4.78 is 5.50. The van der Waals surface area contributed by atoms with Gasteiger partial charge in [-0.05, 0) is 24.6 Å². The Morgan fingerprint density at radius 1 is 1.00 bits per heavy atom. The number of nitrogens with zero attached hydrogens (tertiary/aromatic N) is 4. The van der Waals surface area contributed by atoms with E-state index < -0.39 is 0 Å². The molecule has 0 bridgehead atoms. The summed E-state index contributed by atoms with van der Waals surface area (Å²) in [5.74, 6) is 2.44. The van der Waals surface area contributed by atoms with Gasteiger partial charge in [0.1, 0.15) is 17.5 Å². The minimum absolute atomic E-state index is 0.744. The first-order chi connectivity index (χ1) is 14.2. The quantitative estimate of drug-likeness (QED) is 0.688. The number of rotatable bonds is 6. The van der Waals surface area contributed by atoms with Crippen LogP contribution in [0.5, 0.6) is 0 Å². The van der Waals surface area contributed by atoms with Crippen molar-refractivity contribution >= 4 is 23.0 Å². The van der Waals surface area contributed by atoms with Crippen LogP contribution in [0.3, 0.4) is 0 Å². The van der Waals surface area contributed by atoms with Gasteiger partial charge in [-0.25, -0.2) is 9.97 Å². The van der Waals surface area contributed by atoms with Crippen molar-refractivity contribution < 1.29 is 4.74 Å². The Kier molecular flexibility index (Phi) is 5.91.